The lowest BCUT2D eigenvalue weighted by Gasteiger charge is -2.38. The van der Waals surface area contributed by atoms with Crippen LogP contribution in [0.5, 0.6) is 0 Å². The lowest BCUT2D eigenvalue weighted by Crippen LogP contribution is -2.50. The molecule has 0 bridgehead atoms. The first-order valence-electron chi connectivity index (χ1n) is 7.04. The second-order valence-electron chi connectivity index (χ2n) is 5.95. The Morgan fingerprint density at radius 3 is 2.95 bits per heavy atom. The number of nitrogens with zero attached hydrogens (tertiary/aromatic N) is 4. The van der Waals surface area contributed by atoms with Gasteiger partial charge in [-0.3, -0.25) is 4.90 Å². The zero-order valence-electron chi connectivity index (χ0n) is 12.8. The van der Waals surface area contributed by atoms with E-state index >= 15 is 0 Å². The fourth-order valence-electron chi connectivity index (χ4n) is 2.48. The Morgan fingerprint density at radius 2 is 2.33 bits per heavy atom. The number of likely N-dealkylation sites (N-methyl/N-ethyl adjacent to an activating group) is 1. The van der Waals surface area contributed by atoms with Gasteiger partial charge >= 0.3 is 0 Å². The average Bonchev–Trinajstić information content (AvgIpc) is 2.43. The van der Waals surface area contributed by atoms with E-state index in [9.17, 15) is 0 Å². The van der Waals surface area contributed by atoms with Gasteiger partial charge in [-0.2, -0.15) is 5.26 Å². The molecule has 1 aromatic rings. The molecule has 2 heterocycles. The van der Waals surface area contributed by atoms with Crippen LogP contribution in [0.15, 0.2) is 12.3 Å². The molecule has 0 saturated carbocycles. The molecule has 1 aromatic heterocycles. The number of ether oxygens (including phenoxy) is 1. The van der Waals surface area contributed by atoms with Crippen LogP contribution in [0.3, 0.4) is 0 Å². The highest BCUT2D eigenvalue weighted by Crippen LogP contribution is 2.23. The molecule has 1 fully saturated rings. The third kappa shape index (κ3) is 4.31. The molecule has 114 valence electrons. The van der Waals surface area contributed by atoms with Crippen LogP contribution >= 0.6 is 11.6 Å². The molecule has 0 unspecified atom stereocenters. The summed E-state index contributed by atoms with van der Waals surface area (Å²) in [6.07, 6.45) is 1.55. The summed E-state index contributed by atoms with van der Waals surface area (Å²) in [5, 5.41) is 9.35. The first-order valence-corrected chi connectivity index (χ1v) is 7.42. The summed E-state index contributed by atoms with van der Waals surface area (Å²) in [6, 6.07) is 3.69. The highest BCUT2D eigenvalue weighted by atomic mass is 35.5. The molecule has 0 aromatic carbocycles. The van der Waals surface area contributed by atoms with Crippen molar-refractivity contribution in [1.29, 1.82) is 5.26 Å². The topological polar surface area (TPSA) is 52.4 Å². The van der Waals surface area contributed by atoms with E-state index < -0.39 is 0 Å². The van der Waals surface area contributed by atoms with E-state index in [-0.39, 0.29) is 5.60 Å². The molecule has 0 atom stereocenters. The maximum absolute atomic E-state index is 8.83. The van der Waals surface area contributed by atoms with Gasteiger partial charge in [-0.05, 0) is 19.9 Å². The Balaban J connectivity index is 1.93. The normalized spacial score (nSPS) is 18.2. The van der Waals surface area contributed by atoms with Crippen LogP contribution in [0.2, 0.25) is 5.02 Å². The molecule has 5 nitrogen and oxygen atoms in total. The maximum Gasteiger partial charge on any atom is 0.147 e. The summed E-state index contributed by atoms with van der Waals surface area (Å²) in [6.45, 7) is 8.63. The molecule has 0 amide bonds. The van der Waals surface area contributed by atoms with Gasteiger partial charge in [-0.25, -0.2) is 4.98 Å². The molecule has 1 aliphatic heterocycles. The molecule has 0 N–H and O–H groups in total. The molecular weight excluding hydrogens is 288 g/mol. The van der Waals surface area contributed by atoms with Gasteiger partial charge in [0.25, 0.3) is 0 Å². The van der Waals surface area contributed by atoms with Gasteiger partial charge in [0.05, 0.1) is 22.8 Å². The number of morpholine rings is 1. The van der Waals surface area contributed by atoms with E-state index in [0.717, 1.165) is 32.8 Å². The number of anilines is 1. The van der Waals surface area contributed by atoms with Crippen LogP contribution < -0.4 is 4.90 Å². The lowest BCUT2D eigenvalue weighted by atomic mass is 10.1. The monoisotopic (exact) mass is 308 g/mol. The van der Waals surface area contributed by atoms with E-state index in [0.29, 0.717) is 16.4 Å². The molecule has 21 heavy (non-hydrogen) atoms. The van der Waals surface area contributed by atoms with Crippen molar-refractivity contribution < 1.29 is 4.74 Å². The van der Waals surface area contributed by atoms with Gasteiger partial charge < -0.3 is 9.64 Å². The number of hydrogen-bond acceptors (Lipinski definition) is 5. The lowest BCUT2D eigenvalue weighted by molar-refractivity contribution is -0.0850. The standard InChI is InChI=1S/C15H21ClN4O/c1-15(2)11-20(6-7-21-15)5-4-19(3)14-13(16)8-12(9-17)10-18-14/h8,10H,4-7,11H2,1-3H3. The number of nitriles is 1. The van der Waals surface area contributed by atoms with Gasteiger partial charge in [-0.15, -0.1) is 0 Å². The zero-order valence-corrected chi connectivity index (χ0v) is 13.5. The van der Waals surface area contributed by atoms with Crippen LogP contribution in [0.25, 0.3) is 0 Å². The van der Waals surface area contributed by atoms with Crippen molar-refractivity contribution in [3.63, 3.8) is 0 Å². The predicted molar refractivity (Wildman–Crippen MR) is 83.7 cm³/mol. The summed E-state index contributed by atoms with van der Waals surface area (Å²) >= 11 is 6.18. The minimum absolute atomic E-state index is 0.0822. The van der Waals surface area contributed by atoms with Crippen molar-refractivity contribution in [2.24, 2.45) is 0 Å². The van der Waals surface area contributed by atoms with Crippen molar-refractivity contribution in [3.05, 3.63) is 22.8 Å². The molecule has 2 rings (SSSR count). The summed E-state index contributed by atoms with van der Waals surface area (Å²) in [4.78, 5) is 8.68. The smallest absolute Gasteiger partial charge is 0.147 e. The zero-order chi connectivity index (χ0) is 15.5. The predicted octanol–water partition coefficient (Wildman–Crippen LogP) is 2.15. The van der Waals surface area contributed by atoms with E-state index in [2.05, 4.69) is 23.7 Å². The second-order valence-corrected chi connectivity index (χ2v) is 6.35. The fourth-order valence-corrected chi connectivity index (χ4v) is 2.79. The van der Waals surface area contributed by atoms with E-state index in [1.807, 2.05) is 18.0 Å². The molecular formula is C15H21ClN4O. The van der Waals surface area contributed by atoms with Gasteiger partial charge in [0, 0.05) is 39.4 Å². The summed E-state index contributed by atoms with van der Waals surface area (Å²) in [7, 11) is 1.96. The number of aromatic nitrogens is 1. The van der Waals surface area contributed by atoms with Crippen molar-refractivity contribution in [1.82, 2.24) is 9.88 Å². The van der Waals surface area contributed by atoms with Gasteiger partial charge in [0.1, 0.15) is 11.9 Å². The van der Waals surface area contributed by atoms with Crippen LogP contribution in [0, 0.1) is 11.3 Å². The third-order valence-electron chi connectivity index (χ3n) is 3.57. The van der Waals surface area contributed by atoms with Gasteiger partial charge in [0.2, 0.25) is 0 Å². The fraction of sp³-hybridized carbons (Fsp3) is 0.600. The Bertz CT molecular complexity index is 541. The number of rotatable bonds is 4. The molecule has 6 heteroatoms. The average molecular weight is 309 g/mol. The molecule has 1 saturated heterocycles. The van der Waals surface area contributed by atoms with E-state index in [1.54, 1.807) is 12.3 Å². The summed E-state index contributed by atoms with van der Waals surface area (Å²) < 4.78 is 5.71. The maximum atomic E-state index is 8.83. The highest BCUT2D eigenvalue weighted by molar-refractivity contribution is 6.33. The van der Waals surface area contributed by atoms with E-state index in [4.69, 9.17) is 21.6 Å². The molecule has 1 aliphatic rings. The van der Waals surface area contributed by atoms with Crippen molar-refractivity contribution in [2.45, 2.75) is 19.4 Å². The number of halogens is 1. The number of pyridine rings is 1. The highest BCUT2D eigenvalue weighted by Gasteiger charge is 2.27. The third-order valence-corrected chi connectivity index (χ3v) is 3.85. The number of hydrogen-bond donors (Lipinski definition) is 0. The Kier molecular flexibility index (Phi) is 5.04. The summed E-state index contributed by atoms with van der Waals surface area (Å²) in [5.74, 6) is 0.711. The largest absolute Gasteiger partial charge is 0.373 e. The Morgan fingerprint density at radius 1 is 1.57 bits per heavy atom. The summed E-state index contributed by atoms with van der Waals surface area (Å²) in [5.41, 5.74) is 0.397. The quantitative estimate of drug-likeness (QED) is 0.853. The Hall–Kier alpha value is -1.35. The minimum atomic E-state index is -0.0822. The van der Waals surface area contributed by atoms with Gasteiger partial charge in [-0.1, -0.05) is 11.6 Å². The second kappa shape index (κ2) is 6.61. The SMILES string of the molecule is CN(CCN1CCOC(C)(C)C1)c1ncc(C#N)cc1Cl. The van der Waals surface area contributed by atoms with Crippen LogP contribution in [-0.2, 0) is 4.74 Å². The minimum Gasteiger partial charge on any atom is -0.373 e. The van der Waals surface area contributed by atoms with Crippen LogP contribution in [0.1, 0.15) is 19.4 Å². The molecule has 0 aliphatic carbocycles. The Labute approximate surface area is 131 Å². The first kappa shape index (κ1) is 16.0. The molecule has 0 radical (unpaired) electrons. The van der Waals surface area contributed by atoms with E-state index in [1.165, 1.54) is 0 Å². The molecule has 0 spiro atoms. The van der Waals surface area contributed by atoms with Crippen molar-refractivity contribution in [3.8, 4) is 6.07 Å². The van der Waals surface area contributed by atoms with Crippen LogP contribution in [-0.4, -0.2) is 55.3 Å². The van der Waals surface area contributed by atoms with Gasteiger partial charge in [0.15, 0.2) is 0 Å². The first-order chi connectivity index (χ1) is 9.91. The van der Waals surface area contributed by atoms with Crippen molar-refractivity contribution >= 4 is 17.4 Å². The van der Waals surface area contributed by atoms with Crippen molar-refractivity contribution in [2.75, 3.05) is 44.7 Å². The van der Waals surface area contributed by atoms with Crippen LogP contribution in [0.4, 0.5) is 5.82 Å².